The maximum absolute atomic E-state index is 12.0. The summed E-state index contributed by atoms with van der Waals surface area (Å²) in [5.41, 5.74) is 0.351. The first-order chi connectivity index (χ1) is 9.20. The van der Waals surface area contributed by atoms with E-state index >= 15 is 0 Å². The molecule has 1 fully saturated rings. The van der Waals surface area contributed by atoms with Crippen molar-refractivity contribution in [3.05, 3.63) is 17.8 Å². The van der Waals surface area contributed by atoms with Crippen LogP contribution in [0.5, 0.6) is 0 Å². The Labute approximate surface area is 113 Å². The van der Waals surface area contributed by atoms with Gasteiger partial charge in [-0.1, -0.05) is 0 Å². The molecule has 6 nitrogen and oxygen atoms in total. The Morgan fingerprint density at radius 3 is 2.84 bits per heavy atom. The molecule has 1 aromatic heterocycles. The fraction of sp³-hybridized carbons (Fsp3) is 0.615. The lowest BCUT2D eigenvalue weighted by Crippen LogP contribution is -2.31. The standard InChI is InChI=1S/C13H20N4O2/c1-14-12-6-5-11(15-16-12)13(18)17(2)7-8-19-9-10-3-4-10/h5-6,10H,3-4,7-9H2,1-2H3,(H,14,16). The van der Waals surface area contributed by atoms with Gasteiger partial charge in [0.15, 0.2) is 5.69 Å². The van der Waals surface area contributed by atoms with Gasteiger partial charge in [0.25, 0.3) is 5.91 Å². The van der Waals surface area contributed by atoms with Crippen molar-refractivity contribution in [3.8, 4) is 0 Å². The third-order valence-corrected chi connectivity index (χ3v) is 3.11. The van der Waals surface area contributed by atoms with Crippen LogP contribution in [0.4, 0.5) is 5.82 Å². The van der Waals surface area contributed by atoms with Gasteiger partial charge in [-0.05, 0) is 30.9 Å². The van der Waals surface area contributed by atoms with Crippen LogP contribution in [-0.2, 0) is 4.74 Å². The van der Waals surface area contributed by atoms with E-state index in [-0.39, 0.29) is 5.91 Å². The molecular formula is C13H20N4O2. The van der Waals surface area contributed by atoms with Gasteiger partial charge in [-0.2, -0.15) is 0 Å². The Balaban J connectivity index is 1.76. The molecule has 2 rings (SSSR count). The first kappa shape index (κ1) is 13.7. The van der Waals surface area contributed by atoms with Crippen LogP contribution >= 0.6 is 0 Å². The summed E-state index contributed by atoms with van der Waals surface area (Å²) in [6, 6.07) is 3.40. The van der Waals surface area contributed by atoms with E-state index in [1.165, 1.54) is 12.8 Å². The lowest BCUT2D eigenvalue weighted by atomic mass is 10.3. The SMILES string of the molecule is CNc1ccc(C(=O)N(C)CCOCC2CC2)nn1. The second-order valence-electron chi connectivity index (χ2n) is 4.80. The molecule has 1 aromatic rings. The first-order valence-corrected chi connectivity index (χ1v) is 6.55. The molecule has 1 amide bonds. The minimum absolute atomic E-state index is 0.134. The second kappa shape index (κ2) is 6.47. The van der Waals surface area contributed by atoms with Gasteiger partial charge in [0.1, 0.15) is 5.82 Å². The third kappa shape index (κ3) is 4.17. The van der Waals surface area contributed by atoms with E-state index in [4.69, 9.17) is 4.74 Å². The van der Waals surface area contributed by atoms with Crippen molar-refractivity contribution in [2.45, 2.75) is 12.8 Å². The average molecular weight is 264 g/mol. The zero-order valence-corrected chi connectivity index (χ0v) is 11.4. The third-order valence-electron chi connectivity index (χ3n) is 3.11. The predicted octanol–water partition coefficient (Wildman–Crippen LogP) is 1.02. The molecule has 1 heterocycles. The Morgan fingerprint density at radius 1 is 1.47 bits per heavy atom. The topological polar surface area (TPSA) is 67.4 Å². The molecule has 0 bridgehead atoms. The van der Waals surface area contributed by atoms with E-state index in [9.17, 15) is 4.79 Å². The number of nitrogens with zero attached hydrogens (tertiary/aromatic N) is 3. The van der Waals surface area contributed by atoms with Gasteiger partial charge in [0, 0.05) is 27.2 Å². The molecule has 1 N–H and O–H groups in total. The van der Waals surface area contributed by atoms with Crippen molar-refractivity contribution in [2.75, 3.05) is 39.2 Å². The number of anilines is 1. The lowest BCUT2D eigenvalue weighted by molar-refractivity contribution is 0.0675. The minimum Gasteiger partial charge on any atom is -0.379 e. The van der Waals surface area contributed by atoms with Gasteiger partial charge in [-0.25, -0.2) is 0 Å². The number of amides is 1. The first-order valence-electron chi connectivity index (χ1n) is 6.55. The summed E-state index contributed by atoms with van der Waals surface area (Å²) in [5, 5.41) is 10.6. The molecule has 0 aliphatic heterocycles. The number of rotatable bonds is 7. The van der Waals surface area contributed by atoms with Gasteiger partial charge < -0.3 is 15.0 Å². The highest BCUT2D eigenvalue weighted by Crippen LogP contribution is 2.28. The summed E-state index contributed by atoms with van der Waals surface area (Å²) in [4.78, 5) is 13.6. The lowest BCUT2D eigenvalue weighted by Gasteiger charge is -2.16. The van der Waals surface area contributed by atoms with Gasteiger partial charge in [-0.3, -0.25) is 4.79 Å². The van der Waals surface area contributed by atoms with Gasteiger partial charge >= 0.3 is 0 Å². The van der Waals surface area contributed by atoms with Crippen LogP contribution in [0.15, 0.2) is 12.1 Å². The molecule has 0 unspecified atom stereocenters. The van der Waals surface area contributed by atoms with Crippen molar-refractivity contribution in [2.24, 2.45) is 5.92 Å². The number of carbonyl (C=O) groups excluding carboxylic acids is 1. The Morgan fingerprint density at radius 2 is 2.26 bits per heavy atom. The maximum atomic E-state index is 12.0. The summed E-state index contributed by atoms with van der Waals surface area (Å²) < 4.78 is 5.51. The number of hydrogen-bond acceptors (Lipinski definition) is 5. The zero-order chi connectivity index (χ0) is 13.7. The fourth-order valence-electron chi connectivity index (χ4n) is 1.61. The predicted molar refractivity (Wildman–Crippen MR) is 72.1 cm³/mol. The van der Waals surface area contributed by atoms with Gasteiger partial charge in [-0.15, -0.1) is 10.2 Å². The largest absolute Gasteiger partial charge is 0.379 e. The number of ether oxygens (including phenoxy) is 1. The van der Waals surface area contributed by atoms with Crippen molar-refractivity contribution < 1.29 is 9.53 Å². The Hall–Kier alpha value is -1.69. The Kier molecular flexibility index (Phi) is 4.68. The molecule has 0 atom stereocenters. The molecular weight excluding hydrogens is 244 g/mol. The summed E-state index contributed by atoms with van der Waals surface area (Å²) in [6.45, 7) is 1.96. The Bertz CT molecular complexity index is 417. The highest BCUT2D eigenvalue weighted by atomic mass is 16.5. The van der Waals surface area contributed by atoms with E-state index < -0.39 is 0 Å². The quantitative estimate of drug-likeness (QED) is 0.745. The molecule has 1 saturated carbocycles. The molecule has 1 aliphatic carbocycles. The van der Waals surface area contributed by atoms with Crippen molar-refractivity contribution in [3.63, 3.8) is 0 Å². The van der Waals surface area contributed by atoms with Crippen LogP contribution in [0.25, 0.3) is 0 Å². The normalized spacial score (nSPS) is 14.2. The summed E-state index contributed by atoms with van der Waals surface area (Å²) >= 11 is 0. The molecule has 1 aliphatic rings. The highest BCUT2D eigenvalue weighted by Gasteiger charge is 2.21. The monoisotopic (exact) mass is 264 g/mol. The van der Waals surface area contributed by atoms with E-state index in [2.05, 4.69) is 15.5 Å². The van der Waals surface area contributed by atoms with Crippen LogP contribution in [0.1, 0.15) is 23.3 Å². The van der Waals surface area contributed by atoms with Crippen LogP contribution in [0.3, 0.4) is 0 Å². The van der Waals surface area contributed by atoms with E-state index in [0.29, 0.717) is 24.7 Å². The molecule has 0 spiro atoms. The van der Waals surface area contributed by atoms with Crippen molar-refractivity contribution in [1.82, 2.24) is 15.1 Å². The number of hydrogen-bond donors (Lipinski definition) is 1. The fourth-order valence-corrected chi connectivity index (χ4v) is 1.61. The molecule has 19 heavy (non-hydrogen) atoms. The highest BCUT2D eigenvalue weighted by molar-refractivity contribution is 5.92. The van der Waals surface area contributed by atoms with Crippen LogP contribution < -0.4 is 5.32 Å². The van der Waals surface area contributed by atoms with Crippen molar-refractivity contribution in [1.29, 1.82) is 0 Å². The summed E-state index contributed by atoms with van der Waals surface area (Å²) in [5.74, 6) is 1.26. The number of nitrogens with one attached hydrogen (secondary N) is 1. The molecule has 0 aromatic carbocycles. The van der Waals surface area contributed by atoms with E-state index in [1.54, 1.807) is 31.1 Å². The van der Waals surface area contributed by atoms with Crippen LogP contribution in [0, 0.1) is 5.92 Å². The van der Waals surface area contributed by atoms with Gasteiger partial charge in [0.05, 0.1) is 6.61 Å². The molecule has 6 heteroatoms. The van der Waals surface area contributed by atoms with Crippen LogP contribution in [-0.4, -0.2) is 54.9 Å². The van der Waals surface area contributed by atoms with Crippen LogP contribution in [0.2, 0.25) is 0 Å². The average Bonchev–Trinajstić information content (AvgIpc) is 3.27. The van der Waals surface area contributed by atoms with Gasteiger partial charge in [0.2, 0.25) is 0 Å². The smallest absolute Gasteiger partial charge is 0.274 e. The maximum Gasteiger partial charge on any atom is 0.274 e. The van der Waals surface area contributed by atoms with E-state index in [0.717, 1.165) is 12.5 Å². The minimum atomic E-state index is -0.134. The molecule has 0 saturated heterocycles. The zero-order valence-electron chi connectivity index (χ0n) is 11.4. The summed E-state index contributed by atoms with van der Waals surface area (Å²) in [7, 11) is 3.51. The summed E-state index contributed by atoms with van der Waals surface area (Å²) in [6.07, 6.45) is 2.56. The number of aromatic nitrogens is 2. The molecule has 0 radical (unpaired) electrons. The number of likely N-dealkylation sites (N-methyl/N-ethyl adjacent to an activating group) is 1. The number of carbonyl (C=O) groups is 1. The second-order valence-corrected chi connectivity index (χ2v) is 4.80. The van der Waals surface area contributed by atoms with E-state index in [1.807, 2.05) is 0 Å². The van der Waals surface area contributed by atoms with Crippen molar-refractivity contribution >= 4 is 11.7 Å². The molecule has 104 valence electrons.